The third-order valence-electron chi connectivity index (χ3n) is 2.23. The minimum Gasteiger partial charge on any atom is -0.452 e. The molecule has 0 unspecified atom stereocenters. The van der Waals surface area contributed by atoms with Crippen LogP contribution in [0.3, 0.4) is 0 Å². The Labute approximate surface area is 140 Å². The van der Waals surface area contributed by atoms with Crippen molar-refractivity contribution < 1.29 is 14.3 Å². The molecule has 0 aliphatic rings. The molecule has 0 aliphatic carbocycles. The van der Waals surface area contributed by atoms with Gasteiger partial charge in [0.1, 0.15) is 5.75 Å². The highest BCUT2D eigenvalue weighted by Crippen LogP contribution is 2.37. The van der Waals surface area contributed by atoms with Crippen LogP contribution in [0.4, 0.5) is 4.79 Å². The summed E-state index contributed by atoms with van der Waals surface area (Å²) in [5.41, 5.74) is 4.98. The molecule has 0 atom stereocenters. The van der Waals surface area contributed by atoms with Crippen molar-refractivity contribution in [1.29, 1.82) is 0 Å². The summed E-state index contributed by atoms with van der Waals surface area (Å²) in [6, 6.07) is 9.26. The van der Waals surface area contributed by atoms with E-state index in [1.54, 1.807) is 18.2 Å². The number of primary amides is 1. The normalized spacial score (nSPS) is 9.67. The summed E-state index contributed by atoms with van der Waals surface area (Å²) in [7, 11) is 0. The minimum atomic E-state index is -0.973. The summed E-state index contributed by atoms with van der Waals surface area (Å²) in [4.78, 5) is 10.9. The molecule has 0 fully saturated rings. The summed E-state index contributed by atoms with van der Waals surface area (Å²) >= 11 is 17.6. The average molecular weight is 361 g/mol. The zero-order valence-corrected chi connectivity index (χ0v) is 13.7. The van der Waals surface area contributed by atoms with Crippen LogP contribution >= 0.6 is 34.8 Å². The van der Waals surface area contributed by atoms with Gasteiger partial charge in [-0.15, -0.1) is 0 Å². The van der Waals surface area contributed by atoms with Crippen molar-refractivity contribution in [2.24, 2.45) is 5.73 Å². The van der Waals surface area contributed by atoms with Crippen LogP contribution in [0.1, 0.15) is 0 Å². The van der Waals surface area contributed by atoms with E-state index in [0.29, 0.717) is 20.8 Å². The van der Waals surface area contributed by atoms with Gasteiger partial charge in [0.05, 0.1) is 5.02 Å². The van der Waals surface area contributed by atoms with Crippen molar-refractivity contribution in [3.05, 3.63) is 51.5 Å². The lowest BCUT2D eigenvalue weighted by Crippen LogP contribution is -2.16. The second kappa shape index (κ2) is 7.56. The Morgan fingerprint density at radius 2 is 1.48 bits per heavy atom. The number of carbonyl (C=O) groups excluding carboxylic acids is 1. The molecular weight excluding hydrogens is 353 g/mol. The maximum atomic E-state index is 10.9. The molecule has 0 saturated heterocycles. The molecule has 0 aliphatic heterocycles. The summed E-state index contributed by atoms with van der Waals surface area (Å²) in [6.07, 6.45) is -0.973. The first-order chi connectivity index (χ1) is 9.45. The van der Waals surface area contributed by atoms with Crippen molar-refractivity contribution in [2.75, 3.05) is 0 Å². The van der Waals surface area contributed by atoms with Crippen molar-refractivity contribution in [3.63, 3.8) is 0 Å². The quantitative estimate of drug-likeness (QED) is 0.819. The Bertz CT molecular complexity index is 667. The predicted octanol–water partition coefficient (Wildman–Crippen LogP) is 4.52. The Morgan fingerprint density at radius 1 is 0.905 bits per heavy atom. The number of halogens is 3. The second-order valence-corrected chi connectivity index (χ2v) is 4.97. The fourth-order valence-electron chi connectivity index (χ4n) is 1.43. The predicted molar refractivity (Wildman–Crippen MR) is 84.0 cm³/mol. The zero-order valence-electron chi connectivity index (χ0n) is 10.4. The van der Waals surface area contributed by atoms with Gasteiger partial charge in [0, 0.05) is 27.1 Å². The number of hydrogen-bond acceptors (Lipinski definition) is 3. The number of nitrogens with two attached hydrogens (primary N) is 1. The molecule has 0 saturated carbocycles. The van der Waals surface area contributed by atoms with Gasteiger partial charge < -0.3 is 15.2 Å². The standard InChI is InChI=1S/C13H8Cl3NO3.Si/c14-7-1-3-10(9(16)5-7)19-11-4-2-8(15)6-12(11)20-13(17)18;/h1-6H,(H2,17,18);. The molecule has 108 valence electrons. The first-order valence-corrected chi connectivity index (χ1v) is 6.49. The highest BCUT2D eigenvalue weighted by atomic mass is 35.5. The summed E-state index contributed by atoms with van der Waals surface area (Å²) in [5, 5.41) is 1.17. The van der Waals surface area contributed by atoms with E-state index < -0.39 is 6.09 Å². The first-order valence-electron chi connectivity index (χ1n) is 5.35. The summed E-state index contributed by atoms with van der Waals surface area (Å²) < 4.78 is 10.4. The van der Waals surface area contributed by atoms with Gasteiger partial charge in [0.15, 0.2) is 11.5 Å². The van der Waals surface area contributed by atoms with Gasteiger partial charge >= 0.3 is 6.09 Å². The van der Waals surface area contributed by atoms with Gasteiger partial charge in [-0.2, -0.15) is 0 Å². The van der Waals surface area contributed by atoms with Crippen LogP contribution in [0, 0.1) is 0 Å². The van der Waals surface area contributed by atoms with E-state index in [0.717, 1.165) is 0 Å². The van der Waals surface area contributed by atoms with Crippen LogP contribution in [-0.2, 0) is 0 Å². The molecule has 2 N–H and O–H groups in total. The minimum absolute atomic E-state index is 0. The Kier molecular flexibility index (Phi) is 6.35. The Morgan fingerprint density at radius 3 is 2.05 bits per heavy atom. The summed E-state index contributed by atoms with van der Waals surface area (Å²) in [6.45, 7) is 0. The molecule has 0 spiro atoms. The lowest BCUT2D eigenvalue weighted by Gasteiger charge is -2.11. The third kappa shape index (κ3) is 4.82. The first kappa shape index (κ1) is 17.6. The van der Waals surface area contributed by atoms with Gasteiger partial charge in [-0.05, 0) is 30.3 Å². The molecule has 4 radical (unpaired) electrons. The fourth-order valence-corrected chi connectivity index (χ4v) is 2.04. The number of carbonyl (C=O) groups is 1. The van der Waals surface area contributed by atoms with Crippen molar-refractivity contribution in [3.8, 4) is 17.2 Å². The van der Waals surface area contributed by atoms with Gasteiger partial charge in [-0.25, -0.2) is 4.79 Å². The number of amides is 1. The van der Waals surface area contributed by atoms with E-state index in [4.69, 9.17) is 50.0 Å². The van der Waals surface area contributed by atoms with Crippen LogP contribution in [0.25, 0.3) is 0 Å². The largest absolute Gasteiger partial charge is 0.452 e. The van der Waals surface area contributed by atoms with E-state index in [1.807, 2.05) is 0 Å². The number of ether oxygens (including phenoxy) is 2. The maximum absolute atomic E-state index is 10.9. The second-order valence-electron chi connectivity index (χ2n) is 3.69. The average Bonchev–Trinajstić information content (AvgIpc) is 2.34. The lowest BCUT2D eigenvalue weighted by molar-refractivity contribution is 0.209. The van der Waals surface area contributed by atoms with E-state index in [2.05, 4.69) is 0 Å². The molecule has 4 nitrogen and oxygen atoms in total. The Balaban J connectivity index is 0.00000220. The SMILES string of the molecule is NC(=O)Oc1cc(Cl)ccc1Oc1ccc(Cl)cc1Cl.[Si]. The molecular formula is C13H8Cl3NO3Si. The molecule has 2 aromatic carbocycles. The lowest BCUT2D eigenvalue weighted by atomic mass is 10.3. The zero-order chi connectivity index (χ0) is 14.7. The van der Waals surface area contributed by atoms with Crippen LogP contribution in [0.2, 0.25) is 15.1 Å². The molecule has 2 rings (SSSR count). The van der Waals surface area contributed by atoms with Crippen LogP contribution in [0.15, 0.2) is 36.4 Å². The molecule has 1 amide bonds. The smallest absolute Gasteiger partial charge is 0.410 e. The molecule has 0 bridgehead atoms. The van der Waals surface area contributed by atoms with Crippen LogP contribution < -0.4 is 15.2 Å². The molecule has 0 aromatic heterocycles. The fraction of sp³-hybridized carbons (Fsp3) is 0. The van der Waals surface area contributed by atoms with Crippen molar-refractivity contribution in [2.45, 2.75) is 0 Å². The summed E-state index contributed by atoms with van der Waals surface area (Å²) in [5.74, 6) is 0.696. The van der Waals surface area contributed by atoms with Gasteiger partial charge in [0.25, 0.3) is 0 Å². The van der Waals surface area contributed by atoms with E-state index >= 15 is 0 Å². The van der Waals surface area contributed by atoms with Gasteiger partial charge in [0.2, 0.25) is 0 Å². The van der Waals surface area contributed by atoms with E-state index in [9.17, 15) is 4.79 Å². The highest BCUT2D eigenvalue weighted by molar-refractivity contribution is 6.35. The van der Waals surface area contributed by atoms with Crippen LogP contribution in [-0.4, -0.2) is 17.1 Å². The molecule has 21 heavy (non-hydrogen) atoms. The van der Waals surface area contributed by atoms with Gasteiger partial charge in [-0.1, -0.05) is 34.8 Å². The molecule has 0 heterocycles. The third-order valence-corrected chi connectivity index (χ3v) is 3.00. The highest BCUT2D eigenvalue weighted by Gasteiger charge is 2.12. The molecule has 8 heteroatoms. The van der Waals surface area contributed by atoms with E-state index in [1.165, 1.54) is 18.2 Å². The topological polar surface area (TPSA) is 61.6 Å². The van der Waals surface area contributed by atoms with E-state index in [-0.39, 0.29) is 22.5 Å². The number of hydrogen-bond donors (Lipinski definition) is 1. The Hall–Kier alpha value is -1.40. The monoisotopic (exact) mass is 359 g/mol. The molecule has 2 aromatic rings. The number of benzene rings is 2. The van der Waals surface area contributed by atoms with Crippen LogP contribution in [0.5, 0.6) is 17.2 Å². The number of rotatable bonds is 3. The maximum Gasteiger partial charge on any atom is 0.410 e. The van der Waals surface area contributed by atoms with Gasteiger partial charge in [-0.3, -0.25) is 0 Å². The van der Waals surface area contributed by atoms with Crippen molar-refractivity contribution >= 4 is 51.9 Å². The van der Waals surface area contributed by atoms with Crippen molar-refractivity contribution in [1.82, 2.24) is 0 Å².